The fourth-order valence-corrected chi connectivity index (χ4v) is 4.10. The van der Waals surface area contributed by atoms with Crippen LogP contribution in [0.2, 0.25) is 0 Å². The molecule has 142 valence electrons. The highest BCUT2D eigenvalue weighted by Gasteiger charge is 2.30. The summed E-state index contributed by atoms with van der Waals surface area (Å²) in [4.78, 5) is 20.1. The van der Waals surface area contributed by atoms with Gasteiger partial charge < -0.3 is 4.90 Å². The van der Waals surface area contributed by atoms with Gasteiger partial charge in [-0.15, -0.1) is 0 Å². The van der Waals surface area contributed by atoms with Crippen LogP contribution in [0.15, 0.2) is 48.8 Å². The summed E-state index contributed by atoms with van der Waals surface area (Å²) in [5.41, 5.74) is 5.81. The third-order valence-electron chi connectivity index (χ3n) is 5.97. The van der Waals surface area contributed by atoms with Gasteiger partial charge in [0.15, 0.2) is 0 Å². The van der Waals surface area contributed by atoms with Gasteiger partial charge in [0.2, 0.25) is 0 Å². The van der Waals surface area contributed by atoms with Gasteiger partial charge in [-0.05, 0) is 55.9 Å². The van der Waals surface area contributed by atoms with Gasteiger partial charge in [0.1, 0.15) is 5.69 Å². The minimum Gasteiger partial charge on any atom is -0.330 e. The molecule has 1 fully saturated rings. The third kappa shape index (κ3) is 2.91. The molecule has 5 heteroatoms. The molecule has 0 bridgehead atoms. The number of nitrogens with zero attached hydrogens (tertiary/aromatic N) is 4. The lowest BCUT2D eigenvalue weighted by Gasteiger charge is -2.35. The van der Waals surface area contributed by atoms with Crippen LogP contribution in [0.5, 0.6) is 0 Å². The maximum absolute atomic E-state index is 13.4. The predicted molar refractivity (Wildman–Crippen MR) is 108 cm³/mol. The molecule has 1 amide bonds. The van der Waals surface area contributed by atoms with Crippen molar-refractivity contribution in [3.05, 3.63) is 71.2 Å². The summed E-state index contributed by atoms with van der Waals surface area (Å²) in [7, 11) is 0. The van der Waals surface area contributed by atoms with E-state index >= 15 is 0 Å². The lowest BCUT2D eigenvalue weighted by molar-refractivity contribution is 0.0671. The normalized spacial score (nSPS) is 18.8. The molecule has 0 N–H and O–H groups in total. The lowest BCUT2D eigenvalue weighted by Crippen LogP contribution is -2.39. The van der Waals surface area contributed by atoms with E-state index in [1.165, 1.54) is 24.0 Å². The molecule has 2 aliphatic rings. The highest BCUT2D eigenvalue weighted by Crippen LogP contribution is 2.35. The van der Waals surface area contributed by atoms with Crippen molar-refractivity contribution < 1.29 is 4.79 Å². The molecule has 0 saturated heterocycles. The fourth-order valence-electron chi connectivity index (χ4n) is 4.10. The van der Waals surface area contributed by atoms with Gasteiger partial charge in [-0.2, -0.15) is 5.10 Å². The highest BCUT2D eigenvalue weighted by atomic mass is 16.2. The lowest BCUT2D eigenvalue weighted by atomic mass is 9.93. The van der Waals surface area contributed by atoms with Crippen molar-refractivity contribution in [2.45, 2.75) is 45.2 Å². The quantitative estimate of drug-likeness (QED) is 0.687. The smallest absolute Gasteiger partial charge is 0.273 e. The Balaban J connectivity index is 1.46. The number of hydrogen-bond donors (Lipinski definition) is 0. The molecule has 5 rings (SSSR count). The second kappa shape index (κ2) is 6.59. The highest BCUT2D eigenvalue weighted by molar-refractivity contribution is 5.94. The Hall–Kier alpha value is -2.95. The number of hydrogen-bond acceptors (Lipinski definition) is 3. The van der Waals surface area contributed by atoms with E-state index in [4.69, 9.17) is 4.98 Å². The number of benzene rings is 1. The van der Waals surface area contributed by atoms with E-state index in [2.05, 4.69) is 30.2 Å². The topological polar surface area (TPSA) is 51.0 Å². The summed E-state index contributed by atoms with van der Waals surface area (Å²) < 4.78 is 2.02. The third-order valence-corrected chi connectivity index (χ3v) is 5.97. The molecule has 1 unspecified atom stereocenters. The number of pyridine rings is 1. The molecule has 3 heterocycles. The fraction of sp³-hybridized carbons (Fsp3) is 0.348. The summed E-state index contributed by atoms with van der Waals surface area (Å²) in [6.07, 6.45) is 7.17. The number of amides is 1. The van der Waals surface area contributed by atoms with Crippen LogP contribution >= 0.6 is 0 Å². The molecule has 1 aromatic carbocycles. The average Bonchev–Trinajstić information content (AvgIpc) is 3.45. The maximum atomic E-state index is 13.4. The van der Waals surface area contributed by atoms with Crippen LogP contribution in [0, 0.1) is 6.92 Å². The molecule has 3 aromatic rings. The van der Waals surface area contributed by atoms with Crippen molar-refractivity contribution in [3.8, 4) is 11.3 Å². The number of fused-ring (bicyclic) bond motifs is 1. The van der Waals surface area contributed by atoms with E-state index < -0.39 is 0 Å². The maximum Gasteiger partial charge on any atom is 0.273 e. The standard InChI is InChI=1S/C23H24N4O/c1-15-7-10-21(18-13-24-27(14-18)19-8-9-19)25-22(15)23(28)26-12-11-17-5-3-4-6-20(17)16(26)2/h3-7,10,13-14,16,19H,8-9,11-12H2,1-2H3. The Labute approximate surface area is 165 Å². The van der Waals surface area contributed by atoms with E-state index in [1.807, 2.05) is 47.1 Å². The number of carbonyl (C=O) groups excluding carboxylic acids is 1. The summed E-state index contributed by atoms with van der Waals surface area (Å²) in [6.45, 7) is 4.79. The van der Waals surface area contributed by atoms with Crippen LogP contribution in [0.4, 0.5) is 0 Å². The minimum absolute atomic E-state index is 0.0101. The van der Waals surface area contributed by atoms with Gasteiger partial charge in [-0.3, -0.25) is 9.48 Å². The zero-order chi connectivity index (χ0) is 19.3. The summed E-state index contributed by atoms with van der Waals surface area (Å²) in [5.74, 6) is 0.0101. The van der Waals surface area contributed by atoms with Crippen molar-refractivity contribution in [2.24, 2.45) is 0 Å². The van der Waals surface area contributed by atoms with Crippen molar-refractivity contribution in [2.75, 3.05) is 6.54 Å². The van der Waals surface area contributed by atoms with Crippen molar-refractivity contribution in [1.82, 2.24) is 19.7 Å². The van der Waals surface area contributed by atoms with Crippen LogP contribution in [0.3, 0.4) is 0 Å². The number of aryl methyl sites for hydroxylation is 1. The largest absolute Gasteiger partial charge is 0.330 e. The van der Waals surface area contributed by atoms with Crippen LogP contribution < -0.4 is 0 Å². The van der Waals surface area contributed by atoms with Crippen LogP contribution in [0.1, 0.15) is 59.0 Å². The Bertz CT molecular complexity index is 1050. The van der Waals surface area contributed by atoms with Gasteiger partial charge in [0.05, 0.1) is 24.0 Å². The second-order valence-corrected chi connectivity index (χ2v) is 7.93. The van der Waals surface area contributed by atoms with Crippen molar-refractivity contribution in [1.29, 1.82) is 0 Å². The summed E-state index contributed by atoms with van der Waals surface area (Å²) in [5, 5.41) is 4.46. The Kier molecular flexibility index (Phi) is 4.04. The first kappa shape index (κ1) is 17.2. The van der Waals surface area contributed by atoms with Gasteiger partial charge in [-0.25, -0.2) is 4.98 Å². The molecule has 1 saturated carbocycles. The molecule has 0 spiro atoms. The molecule has 0 radical (unpaired) electrons. The molecule has 1 aliphatic carbocycles. The molecule has 28 heavy (non-hydrogen) atoms. The van der Waals surface area contributed by atoms with Crippen molar-refractivity contribution in [3.63, 3.8) is 0 Å². The van der Waals surface area contributed by atoms with Crippen molar-refractivity contribution >= 4 is 5.91 Å². The SMILES string of the molecule is Cc1ccc(-c2cnn(C3CC3)c2)nc1C(=O)N1CCc2ccccc2C1C. The predicted octanol–water partition coefficient (Wildman–Crippen LogP) is 4.35. The van der Waals surface area contributed by atoms with Crippen LogP contribution in [-0.2, 0) is 6.42 Å². The Morgan fingerprint density at radius 2 is 1.96 bits per heavy atom. The first-order valence-electron chi connectivity index (χ1n) is 10.0. The Morgan fingerprint density at radius 3 is 2.79 bits per heavy atom. The molecule has 1 aliphatic heterocycles. The number of rotatable bonds is 3. The molecule has 1 atom stereocenters. The van der Waals surface area contributed by atoms with Crippen LogP contribution in [-0.4, -0.2) is 32.1 Å². The first-order valence-corrected chi connectivity index (χ1v) is 10.0. The summed E-state index contributed by atoms with van der Waals surface area (Å²) >= 11 is 0. The molecular weight excluding hydrogens is 348 g/mol. The van der Waals surface area contributed by atoms with E-state index in [0.717, 1.165) is 29.8 Å². The van der Waals surface area contributed by atoms with Crippen LogP contribution in [0.25, 0.3) is 11.3 Å². The summed E-state index contributed by atoms with van der Waals surface area (Å²) in [6, 6.07) is 13.0. The van der Waals surface area contributed by atoms with Gasteiger partial charge >= 0.3 is 0 Å². The van der Waals surface area contributed by atoms with Gasteiger partial charge in [-0.1, -0.05) is 30.3 Å². The van der Waals surface area contributed by atoms with E-state index in [-0.39, 0.29) is 11.9 Å². The average molecular weight is 372 g/mol. The zero-order valence-electron chi connectivity index (χ0n) is 16.3. The van der Waals surface area contributed by atoms with E-state index in [1.54, 1.807) is 0 Å². The molecule has 2 aromatic heterocycles. The Morgan fingerprint density at radius 1 is 1.14 bits per heavy atom. The molecular formula is C23H24N4O. The van der Waals surface area contributed by atoms with E-state index in [0.29, 0.717) is 11.7 Å². The number of aromatic nitrogens is 3. The van der Waals surface area contributed by atoms with Gasteiger partial charge in [0, 0.05) is 18.3 Å². The van der Waals surface area contributed by atoms with E-state index in [9.17, 15) is 4.79 Å². The van der Waals surface area contributed by atoms with Gasteiger partial charge in [0.25, 0.3) is 5.91 Å². The monoisotopic (exact) mass is 372 g/mol. The number of carbonyl (C=O) groups is 1. The zero-order valence-corrected chi connectivity index (χ0v) is 16.3. The second-order valence-electron chi connectivity index (χ2n) is 7.93. The first-order chi connectivity index (χ1) is 13.6. The molecule has 5 nitrogen and oxygen atoms in total. The minimum atomic E-state index is 0.0101.